The molecule has 1 amide bonds. The standard InChI is InChI=1S/C21H19BrF2N4O2/c1-2-30-20-7-13(3-4-18(20)28-12-29)19-10-21(27-11-26-19)25-6-5-15-16(23)8-14(22)9-17(15)24/h3-4,7-12H,2,5-6H2,1H3,(H,28,29)(H,25,26,27). The van der Waals surface area contributed by atoms with Gasteiger partial charge in [0.15, 0.2) is 0 Å². The number of rotatable bonds is 9. The van der Waals surface area contributed by atoms with Gasteiger partial charge < -0.3 is 15.4 Å². The zero-order chi connectivity index (χ0) is 21.5. The van der Waals surface area contributed by atoms with Gasteiger partial charge in [0.25, 0.3) is 0 Å². The molecular weight excluding hydrogens is 458 g/mol. The number of halogens is 3. The second-order valence-electron chi connectivity index (χ2n) is 6.22. The molecule has 30 heavy (non-hydrogen) atoms. The lowest BCUT2D eigenvalue weighted by molar-refractivity contribution is -0.105. The van der Waals surface area contributed by atoms with Gasteiger partial charge in [-0.2, -0.15) is 0 Å². The molecule has 0 bridgehead atoms. The minimum atomic E-state index is -0.598. The third-order valence-corrected chi connectivity index (χ3v) is 4.70. The molecule has 0 unspecified atom stereocenters. The van der Waals surface area contributed by atoms with E-state index < -0.39 is 11.6 Å². The minimum Gasteiger partial charge on any atom is -0.492 e. The summed E-state index contributed by atoms with van der Waals surface area (Å²) in [6, 6.07) is 9.50. The Morgan fingerprint density at radius 2 is 1.90 bits per heavy atom. The highest BCUT2D eigenvalue weighted by Gasteiger charge is 2.11. The Morgan fingerprint density at radius 3 is 2.60 bits per heavy atom. The maximum Gasteiger partial charge on any atom is 0.211 e. The van der Waals surface area contributed by atoms with E-state index in [0.29, 0.717) is 40.4 Å². The molecule has 0 saturated carbocycles. The highest BCUT2D eigenvalue weighted by Crippen LogP contribution is 2.30. The van der Waals surface area contributed by atoms with E-state index in [0.717, 1.165) is 5.56 Å². The fourth-order valence-electron chi connectivity index (χ4n) is 2.88. The number of amides is 1. The number of anilines is 2. The van der Waals surface area contributed by atoms with Gasteiger partial charge in [-0.25, -0.2) is 18.7 Å². The number of benzene rings is 2. The van der Waals surface area contributed by atoms with Crippen molar-refractivity contribution in [2.24, 2.45) is 0 Å². The van der Waals surface area contributed by atoms with E-state index in [1.54, 1.807) is 24.3 Å². The predicted molar refractivity (Wildman–Crippen MR) is 115 cm³/mol. The predicted octanol–water partition coefficient (Wildman–Crippen LogP) is 4.81. The van der Waals surface area contributed by atoms with Crippen LogP contribution in [0.25, 0.3) is 11.3 Å². The minimum absolute atomic E-state index is 0.0135. The third kappa shape index (κ3) is 5.29. The first-order chi connectivity index (χ1) is 14.5. The maximum absolute atomic E-state index is 13.9. The quantitative estimate of drug-likeness (QED) is 0.433. The number of aromatic nitrogens is 2. The lowest BCUT2D eigenvalue weighted by Gasteiger charge is -2.12. The van der Waals surface area contributed by atoms with Gasteiger partial charge in [0.2, 0.25) is 6.41 Å². The number of nitrogens with one attached hydrogen (secondary N) is 2. The lowest BCUT2D eigenvalue weighted by Crippen LogP contribution is -2.09. The Labute approximate surface area is 180 Å². The first-order valence-corrected chi connectivity index (χ1v) is 9.98. The van der Waals surface area contributed by atoms with Gasteiger partial charge in [-0.1, -0.05) is 22.0 Å². The van der Waals surface area contributed by atoms with Crippen molar-refractivity contribution in [1.82, 2.24) is 9.97 Å². The summed E-state index contributed by atoms with van der Waals surface area (Å²) in [5.74, 6) is -0.151. The Kier molecular flexibility index (Phi) is 7.29. The molecule has 0 aliphatic rings. The lowest BCUT2D eigenvalue weighted by atomic mass is 10.1. The van der Waals surface area contributed by atoms with Crippen LogP contribution < -0.4 is 15.4 Å². The molecule has 1 aromatic heterocycles. The number of carbonyl (C=O) groups is 1. The van der Waals surface area contributed by atoms with Crippen LogP contribution in [0, 0.1) is 11.6 Å². The number of nitrogens with zero attached hydrogens (tertiary/aromatic N) is 2. The van der Waals surface area contributed by atoms with E-state index >= 15 is 0 Å². The van der Waals surface area contributed by atoms with Crippen LogP contribution in [0.15, 0.2) is 47.2 Å². The van der Waals surface area contributed by atoms with Crippen LogP contribution in [0.5, 0.6) is 5.75 Å². The molecular formula is C21H19BrF2N4O2. The van der Waals surface area contributed by atoms with Crippen molar-refractivity contribution in [1.29, 1.82) is 0 Å². The Morgan fingerprint density at radius 1 is 1.13 bits per heavy atom. The molecule has 156 valence electrons. The largest absolute Gasteiger partial charge is 0.492 e. The summed E-state index contributed by atoms with van der Waals surface area (Å²) in [5.41, 5.74) is 1.97. The van der Waals surface area contributed by atoms with E-state index in [1.807, 2.05) is 6.92 Å². The zero-order valence-electron chi connectivity index (χ0n) is 16.1. The SMILES string of the molecule is CCOc1cc(-c2cc(NCCc3c(F)cc(Br)cc3F)ncn2)ccc1NC=O. The highest BCUT2D eigenvalue weighted by molar-refractivity contribution is 9.10. The summed E-state index contributed by atoms with van der Waals surface area (Å²) in [6.07, 6.45) is 2.14. The molecule has 3 aromatic rings. The maximum atomic E-state index is 13.9. The van der Waals surface area contributed by atoms with Crippen LogP contribution in [0.2, 0.25) is 0 Å². The summed E-state index contributed by atoms with van der Waals surface area (Å²) < 4.78 is 33.8. The summed E-state index contributed by atoms with van der Waals surface area (Å²) >= 11 is 3.07. The van der Waals surface area contributed by atoms with Crippen molar-refractivity contribution in [3.63, 3.8) is 0 Å². The molecule has 0 aliphatic carbocycles. The van der Waals surface area contributed by atoms with E-state index in [4.69, 9.17) is 4.74 Å². The monoisotopic (exact) mass is 476 g/mol. The van der Waals surface area contributed by atoms with Gasteiger partial charge in [-0.15, -0.1) is 0 Å². The third-order valence-electron chi connectivity index (χ3n) is 4.25. The van der Waals surface area contributed by atoms with Crippen molar-refractivity contribution >= 4 is 33.8 Å². The van der Waals surface area contributed by atoms with Crippen LogP contribution >= 0.6 is 15.9 Å². The van der Waals surface area contributed by atoms with Gasteiger partial charge in [0.05, 0.1) is 18.0 Å². The van der Waals surface area contributed by atoms with Gasteiger partial charge in [0, 0.05) is 28.2 Å². The fourth-order valence-corrected chi connectivity index (χ4v) is 3.28. The van der Waals surface area contributed by atoms with Crippen LogP contribution in [0.4, 0.5) is 20.3 Å². The second kappa shape index (κ2) is 10.1. The Hall–Kier alpha value is -3.07. The molecule has 1 heterocycles. The van der Waals surface area contributed by atoms with E-state index in [2.05, 4.69) is 36.5 Å². The molecule has 0 fully saturated rings. The summed E-state index contributed by atoms with van der Waals surface area (Å²) in [6.45, 7) is 2.58. The number of hydrogen-bond acceptors (Lipinski definition) is 5. The normalized spacial score (nSPS) is 10.5. The van der Waals surface area contributed by atoms with E-state index in [9.17, 15) is 13.6 Å². The van der Waals surface area contributed by atoms with Crippen LogP contribution in [-0.4, -0.2) is 29.5 Å². The number of ether oxygens (including phenoxy) is 1. The van der Waals surface area contributed by atoms with E-state index in [-0.39, 0.29) is 18.5 Å². The molecule has 0 atom stereocenters. The first-order valence-electron chi connectivity index (χ1n) is 9.18. The molecule has 9 heteroatoms. The molecule has 3 rings (SSSR count). The molecule has 0 radical (unpaired) electrons. The van der Waals surface area contributed by atoms with Gasteiger partial charge in [-0.3, -0.25) is 4.79 Å². The van der Waals surface area contributed by atoms with Crippen LogP contribution in [0.3, 0.4) is 0 Å². The molecule has 6 nitrogen and oxygen atoms in total. The Balaban J connectivity index is 1.73. The Bertz CT molecular complexity index is 1030. The fraction of sp³-hybridized carbons (Fsp3) is 0.190. The molecule has 0 aliphatic heterocycles. The van der Waals surface area contributed by atoms with Crippen molar-refractivity contribution < 1.29 is 18.3 Å². The highest BCUT2D eigenvalue weighted by atomic mass is 79.9. The van der Waals surface area contributed by atoms with Crippen molar-refractivity contribution in [3.8, 4) is 17.0 Å². The summed E-state index contributed by atoms with van der Waals surface area (Å²) in [4.78, 5) is 19.2. The first kappa shape index (κ1) is 21.6. The number of hydrogen-bond donors (Lipinski definition) is 2. The summed E-state index contributed by atoms with van der Waals surface area (Å²) in [5, 5.41) is 5.65. The summed E-state index contributed by atoms with van der Waals surface area (Å²) in [7, 11) is 0. The van der Waals surface area contributed by atoms with Gasteiger partial charge >= 0.3 is 0 Å². The van der Waals surface area contributed by atoms with Crippen molar-refractivity contribution in [2.75, 3.05) is 23.8 Å². The average Bonchev–Trinajstić information content (AvgIpc) is 2.72. The molecule has 0 saturated heterocycles. The zero-order valence-corrected chi connectivity index (χ0v) is 17.7. The second-order valence-corrected chi connectivity index (χ2v) is 7.14. The smallest absolute Gasteiger partial charge is 0.211 e. The van der Waals surface area contributed by atoms with E-state index in [1.165, 1.54) is 18.5 Å². The topological polar surface area (TPSA) is 76.1 Å². The number of carbonyl (C=O) groups excluding carboxylic acids is 1. The van der Waals surface area contributed by atoms with Crippen LogP contribution in [0.1, 0.15) is 12.5 Å². The average molecular weight is 477 g/mol. The molecule has 0 spiro atoms. The van der Waals surface area contributed by atoms with Gasteiger partial charge in [-0.05, 0) is 37.6 Å². The van der Waals surface area contributed by atoms with Crippen LogP contribution in [-0.2, 0) is 11.2 Å². The van der Waals surface area contributed by atoms with Gasteiger partial charge in [0.1, 0.15) is 29.5 Å². The van der Waals surface area contributed by atoms with Crippen molar-refractivity contribution in [3.05, 3.63) is 64.4 Å². The molecule has 2 aromatic carbocycles. The van der Waals surface area contributed by atoms with Crippen molar-refractivity contribution in [2.45, 2.75) is 13.3 Å². The molecule has 2 N–H and O–H groups in total.